The fraction of sp³-hybridized carbons (Fsp3) is 0.308. The number of aromatic nitrogens is 2. The van der Waals surface area contributed by atoms with E-state index in [1.165, 1.54) is 6.07 Å². The zero-order chi connectivity index (χ0) is 11.8. The van der Waals surface area contributed by atoms with Crippen molar-refractivity contribution in [1.82, 2.24) is 9.55 Å². The third-order valence-electron chi connectivity index (χ3n) is 3.31. The highest BCUT2D eigenvalue weighted by atomic mass is 19.1. The van der Waals surface area contributed by atoms with Gasteiger partial charge in [-0.3, -0.25) is 0 Å². The standard InChI is InChI=1S/C13H14FN3/c1-9-8-16-13-15-6-7-17(13)12(9)10-4-2-3-5-11(10)14/h2-7,9,12H,8H2,1H3,(H,15,16). The van der Waals surface area contributed by atoms with Crippen molar-refractivity contribution < 1.29 is 4.39 Å². The Bertz CT molecular complexity index is 535. The number of nitrogens with zero attached hydrogens (tertiary/aromatic N) is 2. The van der Waals surface area contributed by atoms with Crippen molar-refractivity contribution in [3.05, 3.63) is 48.0 Å². The molecule has 1 aromatic carbocycles. The van der Waals surface area contributed by atoms with E-state index in [0.29, 0.717) is 5.92 Å². The maximum absolute atomic E-state index is 13.9. The first-order valence-corrected chi connectivity index (χ1v) is 5.78. The first-order valence-electron chi connectivity index (χ1n) is 5.78. The summed E-state index contributed by atoms with van der Waals surface area (Å²) < 4.78 is 15.9. The summed E-state index contributed by atoms with van der Waals surface area (Å²) >= 11 is 0. The molecule has 2 unspecified atom stereocenters. The van der Waals surface area contributed by atoms with Crippen LogP contribution in [0.1, 0.15) is 18.5 Å². The van der Waals surface area contributed by atoms with Crippen LogP contribution in [-0.4, -0.2) is 16.1 Å². The van der Waals surface area contributed by atoms with Crippen molar-refractivity contribution in [2.75, 3.05) is 11.9 Å². The molecule has 2 atom stereocenters. The summed E-state index contributed by atoms with van der Waals surface area (Å²) in [6.45, 7) is 2.93. The summed E-state index contributed by atoms with van der Waals surface area (Å²) in [6, 6.07) is 6.99. The number of rotatable bonds is 1. The lowest BCUT2D eigenvalue weighted by Crippen LogP contribution is -2.31. The maximum Gasteiger partial charge on any atom is 0.203 e. The summed E-state index contributed by atoms with van der Waals surface area (Å²) in [5, 5.41) is 3.24. The number of nitrogens with one attached hydrogen (secondary N) is 1. The molecule has 0 spiro atoms. The molecule has 0 saturated heterocycles. The fourth-order valence-corrected chi connectivity index (χ4v) is 2.48. The van der Waals surface area contributed by atoms with Gasteiger partial charge < -0.3 is 9.88 Å². The molecule has 1 aliphatic heterocycles. The van der Waals surface area contributed by atoms with Crippen molar-refractivity contribution in [2.45, 2.75) is 13.0 Å². The van der Waals surface area contributed by atoms with Gasteiger partial charge in [-0.05, 0) is 12.0 Å². The SMILES string of the molecule is CC1CNc2nccn2C1c1ccccc1F. The molecular formula is C13H14FN3. The predicted molar refractivity (Wildman–Crippen MR) is 64.4 cm³/mol. The lowest BCUT2D eigenvalue weighted by Gasteiger charge is -2.32. The van der Waals surface area contributed by atoms with Crippen LogP contribution in [0.4, 0.5) is 10.3 Å². The second kappa shape index (κ2) is 3.87. The molecule has 0 radical (unpaired) electrons. The molecule has 0 aliphatic carbocycles. The number of hydrogen-bond acceptors (Lipinski definition) is 2. The van der Waals surface area contributed by atoms with E-state index >= 15 is 0 Å². The Kier molecular flexibility index (Phi) is 2.35. The van der Waals surface area contributed by atoms with Crippen LogP contribution in [-0.2, 0) is 0 Å². The van der Waals surface area contributed by atoms with Crippen molar-refractivity contribution in [1.29, 1.82) is 0 Å². The Morgan fingerprint density at radius 1 is 1.41 bits per heavy atom. The van der Waals surface area contributed by atoms with Gasteiger partial charge in [-0.25, -0.2) is 9.37 Å². The van der Waals surface area contributed by atoms with Crippen molar-refractivity contribution in [3.8, 4) is 0 Å². The summed E-state index contributed by atoms with van der Waals surface area (Å²) in [7, 11) is 0. The molecule has 0 bridgehead atoms. The van der Waals surface area contributed by atoms with E-state index in [-0.39, 0.29) is 11.9 Å². The van der Waals surface area contributed by atoms with Gasteiger partial charge in [-0.15, -0.1) is 0 Å². The van der Waals surface area contributed by atoms with Crippen LogP contribution in [0.5, 0.6) is 0 Å². The average molecular weight is 231 g/mol. The minimum Gasteiger partial charge on any atom is -0.355 e. The molecule has 1 aromatic heterocycles. The van der Waals surface area contributed by atoms with E-state index in [1.807, 2.05) is 22.9 Å². The van der Waals surface area contributed by atoms with Crippen LogP contribution < -0.4 is 5.32 Å². The number of anilines is 1. The number of hydrogen-bond donors (Lipinski definition) is 1. The van der Waals surface area contributed by atoms with Crippen molar-refractivity contribution in [2.24, 2.45) is 5.92 Å². The van der Waals surface area contributed by atoms with Crippen LogP contribution in [0.15, 0.2) is 36.7 Å². The molecule has 3 nitrogen and oxygen atoms in total. The van der Waals surface area contributed by atoms with E-state index in [4.69, 9.17) is 0 Å². The average Bonchev–Trinajstić information content (AvgIpc) is 2.79. The smallest absolute Gasteiger partial charge is 0.203 e. The first-order chi connectivity index (χ1) is 8.27. The monoisotopic (exact) mass is 231 g/mol. The number of benzene rings is 1. The van der Waals surface area contributed by atoms with E-state index in [1.54, 1.807) is 12.3 Å². The largest absolute Gasteiger partial charge is 0.355 e. The third kappa shape index (κ3) is 1.60. The molecule has 3 rings (SSSR count). The van der Waals surface area contributed by atoms with Gasteiger partial charge in [0.05, 0.1) is 6.04 Å². The van der Waals surface area contributed by atoms with Crippen LogP contribution in [0.25, 0.3) is 0 Å². The van der Waals surface area contributed by atoms with E-state index < -0.39 is 0 Å². The second-order valence-corrected chi connectivity index (χ2v) is 4.48. The number of fused-ring (bicyclic) bond motifs is 1. The Morgan fingerprint density at radius 3 is 3.06 bits per heavy atom. The Hall–Kier alpha value is -1.84. The highest BCUT2D eigenvalue weighted by molar-refractivity contribution is 5.35. The van der Waals surface area contributed by atoms with Gasteiger partial charge in [0.2, 0.25) is 5.95 Å². The van der Waals surface area contributed by atoms with Gasteiger partial charge in [-0.1, -0.05) is 25.1 Å². The molecule has 1 aliphatic rings. The topological polar surface area (TPSA) is 29.9 Å². The summed E-state index contributed by atoms with van der Waals surface area (Å²) in [5.41, 5.74) is 0.737. The Labute approximate surface area is 99.3 Å². The van der Waals surface area contributed by atoms with Gasteiger partial charge in [0, 0.05) is 24.5 Å². The minimum absolute atomic E-state index is 0.0231. The van der Waals surface area contributed by atoms with E-state index in [2.05, 4.69) is 17.2 Å². The highest BCUT2D eigenvalue weighted by Gasteiger charge is 2.29. The highest BCUT2D eigenvalue weighted by Crippen LogP contribution is 2.33. The lowest BCUT2D eigenvalue weighted by atomic mass is 9.92. The molecule has 1 N–H and O–H groups in total. The predicted octanol–water partition coefficient (Wildman–Crippen LogP) is 2.67. The molecule has 88 valence electrons. The molecule has 2 heterocycles. The molecule has 0 fully saturated rings. The van der Waals surface area contributed by atoms with Crippen LogP contribution in [0, 0.1) is 11.7 Å². The number of halogens is 1. The number of imidazole rings is 1. The Morgan fingerprint density at radius 2 is 2.24 bits per heavy atom. The van der Waals surface area contributed by atoms with Crippen molar-refractivity contribution in [3.63, 3.8) is 0 Å². The molecule has 4 heteroatoms. The quantitative estimate of drug-likeness (QED) is 0.817. The molecule has 0 saturated carbocycles. The Balaban J connectivity index is 2.12. The maximum atomic E-state index is 13.9. The lowest BCUT2D eigenvalue weighted by molar-refractivity contribution is 0.388. The fourth-order valence-electron chi connectivity index (χ4n) is 2.48. The zero-order valence-corrected chi connectivity index (χ0v) is 9.60. The normalized spacial score (nSPS) is 22.9. The van der Waals surface area contributed by atoms with Crippen LogP contribution in [0.2, 0.25) is 0 Å². The second-order valence-electron chi connectivity index (χ2n) is 4.48. The minimum atomic E-state index is -0.147. The molecule has 0 amide bonds. The van der Waals surface area contributed by atoms with Crippen LogP contribution >= 0.6 is 0 Å². The van der Waals surface area contributed by atoms with E-state index in [0.717, 1.165) is 18.1 Å². The van der Waals surface area contributed by atoms with Gasteiger partial charge in [0.1, 0.15) is 5.82 Å². The molecule has 2 aromatic rings. The zero-order valence-electron chi connectivity index (χ0n) is 9.60. The first kappa shape index (κ1) is 10.3. The van der Waals surface area contributed by atoms with Gasteiger partial charge in [0.15, 0.2) is 0 Å². The molecule has 17 heavy (non-hydrogen) atoms. The summed E-state index contributed by atoms with van der Waals surface area (Å²) in [6.07, 6.45) is 3.64. The third-order valence-corrected chi connectivity index (χ3v) is 3.31. The summed E-state index contributed by atoms with van der Waals surface area (Å²) in [4.78, 5) is 4.23. The van der Waals surface area contributed by atoms with Crippen molar-refractivity contribution >= 4 is 5.95 Å². The van der Waals surface area contributed by atoms with E-state index in [9.17, 15) is 4.39 Å². The molecular weight excluding hydrogens is 217 g/mol. The van der Waals surface area contributed by atoms with Gasteiger partial charge in [0.25, 0.3) is 0 Å². The van der Waals surface area contributed by atoms with Gasteiger partial charge >= 0.3 is 0 Å². The van der Waals surface area contributed by atoms with Crippen LogP contribution in [0.3, 0.4) is 0 Å². The summed E-state index contributed by atoms with van der Waals surface area (Å²) in [5.74, 6) is 0.996. The van der Waals surface area contributed by atoms with Gasteiger partial charge in [-0.2, -0.15) is 0 Å².